The van der Waals surface area contributed by atoms with Gasteiger partial charge in [0.05, 0.1) is 19.3 Å². The molecule has 1 saturated heterocycles. The molecule has 0 bridgehead atoms. The Kier molecular flexibility index (Phi) is 4.62. The number of likely N-dealkylation sites (N-methyl/N-ethyl adjacent to an activating group) is 1. The molecule has 0 aromatic carbocycles. The van der Waals surface area contributed by atoms with Gasteiger partial charge in [0.2, 0.25) is 0 Å². The van der Waals surface area contributed by atoms with E-state index < -0.39 is 0 Å². The first kappa shape index (κ1) is 15.0. The number of ether oxygens (including phenoxy) is 1. The van der Waals surface area contributed by atoms with E-state index in [1.165, 1.54) is 31.5 Å². The van der Waals surface area contributed by atoms with Crippen LogP contribution < -0.4 is 5.32 Å². The van der Waals surface area contributed by atoms with E-state index in [1.807, 2.05) is 6.20 Å². The lowest BCUT2D eigenvalue weighted by Crippen LogP contribution is -2.58. The van der Waals surface area contributed by atoms with Crippen LogP contribution in [0.15, 0.2) is 12.4 Å². The van der Waals surface area contributed by atoms with Crippen molar-refractivity contribution in [2.45, 2.75) is 50.7 Å². The van der Waals surface area contributed by atoms with Gasteiger partial charge in [-0.25, -0.2) is 4.98 Å². The smallest absolute Gasteiger partial charge is 0.127 e. The highest BCUT2D eigenvalue weighted by molar-refractivity contribution is 5.13. The van der Waals surface area contributed by atoms with Crippen molar-refractivity contribution in [1.82, 2.24) is 19.8 Å². The number of nitrogens with one attached hydrogen (secondary N) is 1. The predicted molar refractivity (Wildman–Crippen MR) is 83.3 cm³/mol. The van der Waals surface area contributed by atoms with Crippen LogP contribution in [0.1, 0.15) is 44.5 Å². The van der Waals surface area contributed by atoms with Gasteiger partial charge in [0.15, 0.2) is 0 Å². The Labute approximate surface area is 127 Å². The van der Waals surface area contributed by atoms with Crippen molar-refractivity contribution in [3.63, 3.8) is 0 Å². The molecule has 2 heterocycles. The Morgan fingerprint density at radius 3 is 2.67 bits per heavy atom. The Hall–Kier alpha value is -0.910. The summed E-state index contributed by atoms with van der Waals surface area (Å²) in [4.78, 5) is 7.35. The normalized spacial score (nSPS) is 24.3. The second-order valence-electron chi connectivity index (χ2n) is 6.20. The summed E-state index contributed by atoms with van der Waals surface area (Å²) in [7, 11) is 2.08. The van der Waals surface area contributed by atoms with Crippen molar-refractivity contribution in [3.8, 4) is 0 Å². The molecule has 1 aromatic heterocycles. The third kappa shape index (κ3) is 2.62. The van der Waals surface area contributed by atoms with Crippen LogP contribution in [-0.2, 0) is 11.3 Å². The largest absolute Gasteiger partial charge is 0.379 e. The number of hydrogen-bond donors (Lipinski definition) is 1. The van der Waals surface area contributed by atoms with E-state index in [1.54, 1.807) is 0 Å². The number of imidazole rings is 1. The fraction of sp³-hybridized carbons (Fsp3) is 0.812. The topological polar surface area (TPSA) is 42.3 Å². The average Bonchev–Trinajstić information content (AvgIpc) is 3.19. The van der Waals surface area contributed by atoms with Gasteiger partial charge in [-0.2, -0.15) is 0 Å². The lowest BCUT2D eigenvalue weighted by Gasteiger charge is -2.48. The highest BCUT2D eigenvalue weighted by Crippen LogP contribution is 2.44. The maximum atomic E-state index is 5.57. The summed E-state index contributed by atoms with van der Waals surface area (Å²) in [5.74, 6) is 1.19. The van der Waals surface area contributed by atoms with Crippen LogP contribution in [0.3, 0.4) is 0 Å². The van der Waals surface area contributed by atoms with Crippen molar-refractivity contribution < 1.29 is 4.74 Å². The van der Waals surface area contributed by atoms with Crippen LogP contribution in [0.2, 0.25) is 0 Å². The van der Waals surface area contributed by atoms with E-state index in [-0.39, 0.29) is 5.54 Å². The van der Waals surface area contributed by atoms with E-state index in [0.29, 0.717) is 6.04 Å². The Balaban J connectivity index is 1.94. The van der Waals surface area contributed by atoms with Crippen molar-refractivity contribution in [3.05, 3.63) is 18.2 Å². The second kappa shape index (κ2) is 6.46. The molecule has 1 atom stereocenters. The molecule has 5 heteroatoms. The molecule has 5 nitrogen and oxygen atoms in total. The van der Waals surface area contributed by atoms with Crippen molar-refractivity contribution >= 4 is 0 Å². The molecule has 1 N–H and O–H groups in total. The van der Waals surface area contributed by atoms with Crippen molar-refractivity contribution in [2.75, 3.05) is 33.4 Å². The minimum atomic E-state index is 0.205. The zero-order valence-corrected chi connectivity index (χ0v) is 13.3. The van der Waals surface area contributed by atoms with Crippen LogP contribution in [-0.4, -0.2) is 53.3 Å². The van der Waals surface area contributed by atoms with Gasteiger partial charge in [0.1, 0.15) is 5.82 Å². The summed E-state index contributed by atoms with van der Waals surface area (Å²) in [5, 5.41) is 3.59. The fourth-order valence-electron chi connectivity index (χ4n) is 4.27. The highest BCUT2D eigenvalue weighted by atomic mass is 16.5. The highest BCUT2D eigenvalue weighted by Gasteiger charge is 2.47. The van der Waals surface area contributed by atoms with Gasteiger partial charge < -0.3 is 14.6 Å². The average molecular weight is 292 g/mol. The molecular weight excluding hydrogens is 264 g/mol. The first-order chi connectivity index (χ1) is 10.3. The minimum absolute atomic E-state index is 0.205. The molecule has 2 aliphatic rings. The van der Waals surface area contributed by atoms with Crippen LogP contribution >= 0.6 is 0 Å². The predicted octanol–water partition coefficient (Wildman–Crippen LogP) is 1.81. The third-order valence-electron chi connectivity index (χ3n) is 5.28. The summed E-state index contributed by atoms with van der Waals surface area (Å²) in [6.45, 7) is 6.98. The number of nitrogens with zero attached hydrogens (tertiary/aromatic N) is 3. The van der Waals surface area contributed by atoms with Gasteiger partial charge >= 0.3 is 0 Å². The second-order valence-corrected chi connectivity index (χ2v) is 6.20. The van der Waals surface area contributed by atoms with Crippen LogP contribution in [0.25, 0.3) is 0 Å². The summed E-state index contributed by atoms with van der Waals surface area (Å²) < 4.78 is 7.85. The number of rotatable bonds is 5. The number of aromatic nitrogens is 2. The van der Waals surface area contributed by atoms with E-state index >= 15 is 0 Å². The molecule has 1 saturated carbocycles. The molecule has 1 unspecified atom stereocenters. The summed E-state index contributed by atoms with van der Waals surface area (Å²) in [6, 6.07) is 0.299. The maximum absolute atomic E-state index is 5.57. The van der Waals surface area contributed by atoms with Crippen LogP contribution in [0.4, 0.5) is 0 Å². The zero-order valence-electron chi connectivity index (χ0n) is 13.3. The van der Waals surface area contributed by atoms with Crippen molar-refractivity contribution in [2.24, 2.45) is 0 Å². The zero-order chi connectivity index (χ0) is 14.7. The first-order valence-electron chi connectivity index (χ1n) is 8.33. The fourth-order valence-corrected chi connectivity index (χ4v) is 4.27. The monoisotopic (exact) mass is 292 g/mol. The van der Waals surface area contributed by atoms with E-state index in [0.717, 1.165) is 32.8 Å². The van der Waals surface area contributed by atoms with Gasteiger partial charge in [-0.3, -0.25) is 4.90 Å². The van der Waals surface area contributed by atoms with Gasteiger partial charge in [-0.05, 0) is 26.8 Å². The molecule has 1 aromatic rings. The van der Waals surface area contributed by atoms with Crippen LogP contribution in [0.5, 0.6) is 0 Å². The van der Waals surface area contributed by atoms with Crippen LogP contribution in [0, 0.1) is 0 Å². The minimum Gasteiger partial charge on any atom is -0.379 e. The molecule has 118 valence electrons. The van der Waals surface area contributed by atoms with Gasteiger partial charge in [0.25, 0.3) is 0 Å². The van der Waals surface area contributed by atoms with Crippen molar-refractivity contribution in [1.29, 1.82) is 0 Å². The number of morpholine rings is 1. The molecule has 3 rings (SSSR count). The number of hydrogen-bond acceptors (Lipinski definition) is 4. The maximum Gasteiger partial charge on any atom is 0.127 e. The molecule has 0 spiro atoms. The molecule has 2 fully saturated rings. The molecule has 21 heavy (non-hydrogen) atoms. The first-order valence-corrected chi connectivity index (χ1v) is 8.33. The Bertz CT molecular complexity index is 447. The molecular formula is C16H28N4O. The summed E-state index contributed by atoms with van der Waals surface area (Å²) in [6.07, 6.45) is 9.20. The molecule has 0 amide bonds. The lowest BCUT2D eigenvalue weighted by molar-refractivity contribution is -0.0370. The quantitative estimate of drug-likeness (QED) is 0.899. The summed E-state index contributed by atoms with van der Waals surface area (Å²) >= 11 is 0. The number of aryl methyl sites for hydroxylation is 1. The Morgan fingerprint density at radius 2 is 2.05 bits per heavy atom. The lowest BCUT2D eigenvalue weighted by atomic mass is 9.85. The standard InChI is InChI=1S/C16H28N4O/c1-3-19-9-8-18-15(19)14(17-2)16(6-4-5-7-16)20-10-12-21-13-11-20/h8-9,14,17H,3-7,10-13H2,1-2H3. The molecule has 1 aliphatic heterocycles. The summed E-state index contributed by atoms with van der Waals surface area (Å²) in [5.41, 5.74) is 0.205. The Morgan fingerprint density at radius 1 is 1.33 bits per heavy atom. The van der Waals surface area contributed by atoms with Gasteiger partial charge in [0, 0.05) is 37.6 Å². The molecule has 1 aliphatic carbocycles. The molecule has 0 radical (unpaired) electrons. The van der Waals surface area contributed by atoms with E-state index in [4.69, 9.17) is 4.74 Å². The SMILES string of the molecule is CCn1ccnc1C(NC)C1(N2CCOCC2)CCCC1. The van der Waals surface area contributed by atoms with E-state index in [9.17, 15) is 0 Å². The third-order valence-corrected chi connectivity index (χ3v) is 5.28. The van der Waals surface area contributed by atoms with Gasteiger partial charge in [-0.1, -0.05) is 12.8 Å². The van der Waals surface area contributed by atoms with E-state index in [2.05, 4.69) is 39.9 Å². The van der Waals surface area contributed by atoms with Gasteiger partial charge in [-0.15, -0.1) is 0 Å².